The summed E-state index contributed by atoms with van der Waals surface area (Å²) in [6.45, 7) is 0. The molecular weight excluding hydrogens is 432 g/mol. The summed E-state index contributed by atoms with van der Waals surface area (Å²) in [6.07, 6.45) is -3.54. The van der Waals surface area contributed by atoms with E-state index in [0.717, 1.165) is 6.07 Å². The highest BCUT2D eigenvalue weighted by Gasteiger charge is 2.34. The fourth-order valence-electron chi connectivity index (χ4n) is 2.43. The van der Waals surface area contributed by atoms with Crippen LogP contribution in [0.5, 0.6) is 0 Å². The molecule has 2 amide bonds. The van der Waals surface area contributed by atoms with Gasteiger partial charge in [0.25, 0.3) is 11.8 Å². The van der Waals surface area contributed by atoms with Gasteiger partial charge in [0.2, 0.25) is 0 Å². The van der Waals surface area contributed by atoms with Crippen molar-refractivity contribution in [2.24, 2.45) is 0 Å². The van der Waals surface area contributed by atoms with Crippen LogP contribution in [-0.2, 0) is 6.18 Å². The van der Waals surface area contributed by atoms with Gasteiger partial charge in [-0.2, -0.15) is 13.2 Å². The number of carbonyl (C=O) groups excluding carboxylic acids is 2. The van der Waals surface area contributed by atoms with E-state index in [0.29, 0.717) is 6.07 Å². The maximum absolute atomic E-state index is 13.5. The molecule has 2 aromatic carbocycles. The molecule has 0 saturated heterocycles. The van der Waals surface area contributed by atoms with Gasteiger partial charge in [-0.05, 0) is 42.5 Å². The SMILES string of the molecule is O=C(Nc1ccc(NC(=O)c2cccc(Cl)c2Cl)c(C(F)(F)F)c1)c1ccco1. The number of carbonyl (C=O) groups is 2. The molecule has 0 bridgehead atoms. The summed E-state index contributed by atoms with van der Waals surface area (Å²) >= 11 is 11.8. The van der Waals surface area contributed by atoms with E-state index in [-0.39, 0.29) is 27.1 Å². The highest BCUT2D eigenvalue weighted by Crippen LogP contribution is 2.37. The molecule has 0 aliphatic rings. The number of furan rings is 1. The fraction of sp³-hybridized carbons (Fsp3) is 0.0526. The van der Waals surface area contributed by atoms with Crippen LogP contribution in [0.2, 0.25) is 10.0 Å². The van der Waals surface area contributed by atoms with Crippen molar-refractivity contribution in [3.05, 3.63) is 81.7 Å². The van der Waals surface area contributed by atoms with Crippen LogP contribution in [0.4, 0.5) is 24.5 Å². The molecule has 0 saturated carbocycles. The molecule has 2 N–H and O–H groups in total. The van der Waals surface area contributed by atoms with Gasteiger partial charge in [-0.25, -0.2) is 0 Å². The first-order valence-corrected chi connectivity index (χ1v) is 8.74. The van der Waals surface area contributed by atoms with Crippen LogP contribution in [0, 0.1) is 0 Å². The Kier molecular flexibility index (Phi) is 5.86. The third kappa shape index (κ3) is 4.72. The molecule has 1 heterocycles. The topological polar surface area (TPSA) is 71.3 Å². The van der Waals surface area contributed by atoms with Gasteiger partial charge < -0.3 is 15.1 Å². The molecule has 150 valence electrons. The third-order valence-corrected chi connectivity index (χ3v) is 4.59. The molecule has 0 aliphatic heterocycles. The molecule has 0 atom stereocenters. The van der Waals surface area contributed by atoms with Crippen LogP contribution in [-0.4, -0.2) is 11.8 Å². The first-order chi connectivity index (χ1) is 13.7. The van der Waals surface area contributed by atoms with Gasteiger partial charge >= 0.3 is 6.18 Å². The van der Waals surface area contributed by atoms with Crippen LogP contribution in [0.1, 0.15) is 26.5 Å². The van der Waals surface area contributed by atoms with Gasteiger partial charge in [0, 0.05) is 5.69 Å². The second-order valence-corrected chi connectivity index (χ2v) is 6.53. The van der Waals surface area contributed by atoms with Crippen LogP contribution < -0.4 is 10.6 Å². The van der Waals surface area contributed by atoms with Gasteiger partial charge in [0.05, 0.1) is 33.1 Å². The summed E-state index contributed by atoms with van der Waals surface area (Å²) < 4.78 is 45.4. The number of nitrogens with one attached hydrogen (secondary N) is 2. The molecule has 0 aliphatic carbocycles. The lowest BCUT2D eigenvalue weighted by Crippen LogP contribution is -2.18. The molecule has 10 heteroatoms. The molecule has 5 nitrogen and oxygen atoms in total. The van der Waals surface area contributed by atoms with Crippen molar-refractivity contribution in [1.82, 2.24) is 0 Å². The molecule has 1 aromatic heterocycles. The zero-order valence-corrected chi connectivity index (χ0v) is 15.8. The van der Waals surface area contributed by atoms with E-state index in [4.69, 9.17) is 27.6 Å². The van der Waals surface area contributed by atoms with Crippen molar-refractivity contribution in [3.8, 4) is 0 Å². The van der Waals surface area contributed by atoms with Crippen LogP contribution in [0.25, 0.3) is 0 Å². The number of hydrogen-bond acceptors (Lipinski definition) is 3. The minimum atomic E-state index is -4.80. The number of anilines is 2. The number of alkyl halides is 3. The number of hydrogen-bond donors (Lipinski definition) is 2. The van der Waals surface area contributed by atoms with Gasteiger partial charge in [-0.15, -0.1) is 0 Å². The second-order valence-electron chi connectivity index (χ2n) is 5.75. The van der Waals surface area contributed by atoms with Gasteiger partial charge in [0.15, 0.2) is 5.76 Å². The predicted molar refractivity (Wildman–Crippen MR) is 103 cm³/mol. The zero-order valence-electron chi connectivity index (χ0n) is 14.3. The first kappa shape index (κ1) is 20.8. The monoisotopic (exact) mass is 442 g/mol. The van der Waals surface area contributed by atoms with E-state index < -0.39 is 29.2 Å². The Morgan fingerprint density at radius 1 is 0.931 bits per heavy atom. The third-order valence-electron chi connectivity index (χ3n) is 3.77. The Balaban J connectivity index is 1.89. The number of rotatable bonds is 4. The lowest BCUT2D eigenvalue weighted by molar-refractivity contribution is -0.136. The largest absolute Gasteiger partial charge is 0.459 e. The maximum Gasteiger partial charge on any atom is 0.418 e. The van der Waals surface area contributed by atoms with Gasteiger partial charge in [-0.3, -0.25) is 9.59 Å². The molecule has 3 rings (SSSR count). The van der Waals surface area contributed by atoms with Crippen molar-refractivity contribution < 1.29 is 27.2 Å². The van der Waals surface area contributed by atoms with Crippen molar-refractivity contribution in [2.75, 3.05) is 10.6 Å². The summed E-state index contributed by atoms with van der Waals surface area (Å²) in [4.78, 5) is 24.4. The summed E-state index contributed by atoms with van der Waals surface area (Å²) in [6, 6.07) is 9.99. The van der Waals surface area contributed by atoms with E-state index in [9.17, 15) is 22.8 Å². The van der Waals surface area contributed by atoms with Crippen LogP contribution in [0.3, 0.4) is 0 Å². The average Bonchev–Trinajstić information content (AvgIpc) is 3.19. The Labute approximate surface area is 172 Å². The standard InChI is InChI=1S/C19H11Cl2F3N2O3/c20-13-4-1-3-11(16(13)21)17(27)26-14-7-6-10(9-12(14)19(22,23)24)25-18(28)15-5-2-8-29-15/h1-9H,(H,25,28)(H,26,27). The summed E-state index contributed by atoms with van der Waals surface area (Å²) in [5, 5.41) is 4.49. The van der Waals surface area contributed by atoms with Crippen molar-refractivity contribution in [3.63, 3.8) is 0 Å². The Morgan fingerprint density at radius 3 is 2.34 bits per heavy atom. The van der Waals surface area contributed by atoms with E-state index >= 15 is 0 Å². The quantitative estimate of drug-likeness (QED) is 0.511. The minimum absolute atomic E-state index is 0.0634. The maximum atomic E-state index is 13.5. The Bertz CT molecular complexity index is 1070. The summed E-state index contributed by atoms with van der Waals surface area (Å²) in [7, 11) is 0. The predicted octanol–water partition coefficient (Wildman–Crippen LogP) is 6.11. The van der Waals surface area contributed by atoms with Gasteiger partial charge in [0.1, 0.15) is 0 Å². The summed E-state index contributed by atoms with van der Waals surface area (Å²) in [5.41, 5.74) is -1.87. The first-order valence-electron chi connectivity index (χ1n) is 7.98. The smallest absolute Gasteiger partial charge is 0.418 e. The zero-order chi connectivity index (χ0) is 21.2. The highest BCUT2D eigenvalue weighted by molar-refractivity contribution is 6.44. The lowest BCUT2D eigenvalue weighted by Gasteiger charge is -2.16. The normalized spacial score (nSPS) is 11.2. The molecular formula is C19H11Cl2F3N2O3. The number of amides is 2. The molecule has 0 spiro atoms. The molecule has 0 fully saturated rings. The van der Waals surface area contributed by atoms with E-state index in [1.807, 2.05) is 0 Å². The number of benzene rings is 2. The number of halogens is 5. The van der Waals surface area contributed by atoms with E-state index in [2.05, 4.69) is 10.6 Å². The van der Waals surface area contributed by atoms with Crippen LogP contribution in [0.15, 0.2) is 59.2 Å². The molecule has 0 radical (unpaired) electrons. The molecule has 3 aromatic rings. The fourth-order valence-corrected chi connectivity index (χ4v) is 2.82. The Hall–Kier alpha value is -2.97. The Morgan fingerprint density at radius 2 is 1.69 bits per heavy atom. The van der Waals surface area contributed by atoms with E-state index in [1.165, 1.54) is 42.7 Å². The van der Waals surface area contributed by atoms with Crippen LogP contribution >= 0.6 is 23.2 Å². The lowest BCUT2D eigenvalue weighted by atomic mass is 10.1. The van der Waals surface area contributed by atoms with Crippen molar-refractivity contribution in [2.45, 2.75) is 6.18 Å². The summed E-state index contributed by atoms with van der Waals surface area (Å²) in [5.74, 6) is -1.65. The van der Waals surface area contributed by atoms with Crippen molar-refractivity contribution >= 4 is 46.4 Å². The molecule has 0 unspecified atom stereocenters. The van der Waals surface area contributed by atoms with E-state index in [1.54, 1.807) is 0 Å². The average molecular weight is 443 g/mol. The van der Waals surface area contributed by atoms with Gasteiger partial charge in [-0.1, -0.05) is 29.3 Å². The highest BCUT2D eigenvalue weighted by atomic mass is 35.5. The van der Waals surface area contributed by atoms with Crippen molar-refractivity contribution in [1.29, 1.82) is 0 Å². The minimum Gasteiger partial charge on any atom is -0.459 e. The molecule has 29 heavy (non-hydrogen) atoms. The second kappa shape index (κ2) is 8.18.